The van der Waals surface area contributed by atoms with Gasteiger partial charge in [-0.05, 0) is 36.4 Å². The molecule has 0 spiro atoms. The molecule has 2 rings (SSSR count). The number of aromatic carboxylic acids is 1. The lowest BCUT2D eigenvalue weighted by molar-refractivity contribution is 0.0690. The monoisotopic (exact) mass is 337 g/mol. The molecule has 2 aromatic rings. The zero-order chi connectivity index (χ0) is 14.4. The Morgan fingerprint density at radius 3 is 2.20 bits per heavy atom. The van der Waals surface area contributed by atoms with E-state index in [0.29, 0.717) is 19.0 Å². The van der Waals surface area contributed by atoms with Gasteiger partial charge in [0.1, 0.15) is 30.4 Å². The van der Waals surface area contributed by atoms with Crippen molar-refractivity contribution >= 4 is 21.9 Å². The fraction of sp³-hybridized carbons (Fsp3) is 0.143. The highest BCUT2D eigenvalue weighted by atomic mass is 79.9. The van der Waals surface area contributed by atoms with Crippen molar-refractivity contribution < 1.29 is 19.4 Å². The molecule has 0 bridgehead atoms. The number of halogens is 1. The van der Waals surface area contributed by atoms with Gasteiger partial charge in [0.15, 0.2) is 0 Å². The molecule has 1 heterocycles. The largest absolute Gasteiger partial charge is 0.490 e. The second-order valence-electron chi connectivity index (χ2n) is 3.84. The molecule has 0 saturated heterocycles. The van der Waals surface area contributed by atoms with E-state index in [9.17, 15) is 4.79 Å². The molecular formula is C14H12BrNO4. The summed E-state index contributed by atoms with van der Waals surface area (Å²) >= 11 is 3.34. The number of nitrogens with zero attached hydrogens (tertiary/aromatic N) is 1. The minimum Gasteiger partial charge on any atom is -0.490 e. The summed E-state index contributed by atoms with van der Waals surface area (Å²) in [6, 6.07) is 10.5. The Balaban J connectivity index is 1.75. The van der Waals surface area contributed by atoms with E-state index in [0.717, 1.165) is 10.2 Å². The lowest BCUT2D eigenvalue weighted by atomic mass is 10.3. The van der Waals surface area contributed by atoms with Gasteiger partial charge in [0.05, 0.1) is 6.20 Å². The van der Waals surface area contributed by atoms with Gasteiger partial charge in [-0.15, -0.1) is 0 Å². The van der Waals surface area contributed by atoms with E-state index in [-0.39, 0.29) is 5.69 Å². The smallest absolute Gasteiger partial charge is 0.354 e. The van der Waals surface area contributed by atoms with Crippen molar-refractivity contribution in [1.29, 1.82) is 0 Å². The summed E-state index contributed by atoms with van der Waals surface area (Å²) in [6.07, 6.45) is 1.38. The molecule has 0 aliphatic heterocycles. The zero-order valence-corrected chi connectivity index (χ0v) is 12.0. The quantitative estimate of drug-likeness (QED) is 0.820. The number of hydrogen-bond donors (Lipinski definition) is 1. The van der Waals surface area contributed by atoms with Crippen molar-refractivity contribution in [3.63, 3.8) is 0 Å². The van der Waals surface area contributed by atoms with Gasteiger partial charge in [0.2, 0.25) is 0 Å². The van der Waals surface area contributed by atoms with Crippen molar-refractivity contribution in [2.24, 2.45) is 0 Å². The molecule has 0 fully saturated rings. The van der Waals surface area contributed by atoms with E-state index in [1.807, 2.05) is 24.3 Å². The highest BCUT2D eigenvalue weighted by molar-refractivity contribution is 9.10. The second-order valence-corrected chi connectivity index (χ2v) is 4.75. The SMILES string of the molecule is O=C(O)c1ccc(OCCOc2ccc(Br)cc2)cn1. The van der Waals surface area contributed by atoms with Gasteiger partial charge < -0.3 is 14.6 Å². The van der Waals surface area contributed by atoms with Gasteiger partial charge in [-0.25, -0.2) is 9.78 Å². The molecule has 20 heavy (non-hydrogen) atoms. The van der Waals surface area contributed by atoms with E-state index in [4.69, 9.17) is 14.6 Å². The predicted molar refractivity (Wildman–Crippen MR) is 76.3 cm³/mol. The van der Waals surface area contributed by atoms with Gasteiger partial charge in [-0.3, -0.25) is 0 Å². The average molecular weight is 338 g/mol. The third-order valence-corrected chi connectivity index (χ3v) is 2.92. The van der Waals surface area contributed by atoms with E-state index in [1.165, 1.54) is 12.3 Å². The molecule has 1 aromatic carbocycles. The number of carboxylic acids is 1. The molecule has 1 N–H and O–H groups in total. The maximum absolute atomic E-state index is 10.6. The normalized spacial score (nSPS) is 10.1. The van der Waals surface area contributed by atoms with Crippen molar-refractivity contribution in [3.8, 4) is 11.5 Å². The van der Waals surface area contributed by atoms with Gasteiger partial charge in [0.25, 0.3) is 0 Å². The summed E-state index contributed by atoms with van der Waals surface area (Å²) in [5.74, 6) is 0.209. The zero-order valence-electron chi connectivity index (χ0n) is 10.5. The van der Waals surface area contributed by atoms with Crippen LogP contribution >= 0.6 is 15.9 Å². The van der Waals surface area contributed by atoms with Crippen LogP contribution in [0.15, 0.2) is 47.1 Å². The predicted octanol–water partition coefficient (Wildman–Crippen LogP) is 3.00. The number of carbonyl (C=O) groups is 1. The Morgan fingerprint density at radius 1 is 1.05 bits per heavy atom. The molecule has 0 aliphatic carbocycles. The number of ether oxygens (including phenoxy) is 2. The number of pyridine rings is 1. The summed E-state index contributed by atoms with van der Waals surface area (Å²) in [5.41, 5.74) is -0.0107. The molecule has 0 saturated carbocycles. The fourth-order valence-corrected chi connectivity index (χ4v) is 1.71. The third-order valence-electron chi connectivity index (χ3n) is 2.39. The molecular weight excluding hydrogens is 326 g/mol. The highest BCUT2D eigenvalue weighted by Gasteiger charge is 2.03. The first-order chi connectivity index (χ1) is 9.65. The first-order valence-electron chi connectivity index (χ1n) is 5.85. The Bertz CT molecular complexity index is 569. The van der Waals surface area contributed by atoms with Crippen LogP contribution in [0.4, 0.5) is 0 Å². The van der Waals surface area contributed by atoms with E-state index in [2.05, 4.69) is 20.9 Å². The number of hydrogen-bond acceptors (Lipinski definition) is 4. The number of carboxylic acid groups (broad SMARTS) is 1. The van der Waals surface area contributed by atoms with E-state index < -0.39 is 5.97 Å². The van der Waals surface area contributed by atoms with Crippen LogP contribution in [0.5, 0.6) is 11.5 Å². The molecule has 6 heteroatoms. The van der Waals surface area contributed by atoms with Crippen molar-refractivity contribution in [2.45, 2.75) is 0 Å². The van der Waals surface area contributed by atoms with Crippen LogP contribution in [0.2, 0.25) is 0 Å². The van der Waals surface area contributed by atoms with Gasteiger partial charge in [0, 0.05) is 4.47 Å². The topological polar surface area (TPSA) is 68.7 Å². The Morgan fingerprint density at radius 2 is 1.65 bits per heavy atom. The van der Waals surface area contributed by atoms with Gasteiger partial charge in [-0.2, -0.15) is 0 Å². The number of benzene rings is 1. The van der Waals surface area contributed by atoms with Crippen molar-refractivity contribution in [3.05, 3.63) is 52.8 Å². The fourth-order valence-electron chi connectivity index (χ4n) is 1.44. The number of rotatable bonds is 6. The van der Waals surface area contributed by atoms with Crippen LogP contribution in [-0.2, 0) is 0 Å². The summed E-state index contributed by atoms with van der Waals surface area (Å²) in [6.45, 7) is 0.743. The number of aromatic nitrogens is 1. The van der Waals surface area contributed by atoms with Gasteiger partial charge >= 0.3 is 5.97 Å². The Labute approximate surface area is 124 Å². The summed E-state index contributed by atoms with van der Waals surface area (Å²) < 4.78 is 11.9. The highest BCUT2D eigenvalue weighted by Crippen LogP contribution is 2.16. The molecule has 0 amide bonds. The minimum atomic E-state index is -1.06. The van der Waals surface area contributed by atoms with Crippen LogP contribution < -0.4 is 9.47 Å². The van der Waals surface area contributed by atoms with Crippen molar-refractivity contribution in [1.82, 2.24) is 4.98 Å². The standard InChI is InChI=1S/C14H12BrNO4/c15-10-1-3-11(4-2-10)19-7-8-20-12-5-6-13(14(17)18)16-9-12/h1-6,9H,7-8H2,(H,17,18). The van der Waals surface area contributed by atoms with E-state index in [1.54, 1.807) is 6.07 Å². The van der Waals surface area contributed by atoms with Crippen LogP contribution in [0, 0.1) is 0 Å². The Kier molecular flexibility index (Phi) is 4.95. The maximum atomic E-state index is 10.6. The maximum Gasteiger partial charge on any atom is 0.354 e. The summed E-state index contributed by atoms with van der Waals surface area (Å²) in [5, 5.41) is 8.71. The molecule has 0 atom stereocenters. The van der Waals surface area contributed by atoms with Crippen LogP contribution in [0.3, 0.4) is 0 Å². The molecule has 0 radical (unpaired) electrons. The van der Waals surface area contributed by atoms with Crippen LogP contribution in [0.1, 0.15) is 10.5 Å². The van der Waals surface area contributed by atoms with E-state index >= 15 is 0 Å². The van der Waals surface area contributed by atoms with Crippen LogP contribution in [0.25, 0.3) is 0 Å². The Hall–Kier alpha value is -2.08. The molecule has 5 nitrogen and oxygen atoms in total. The molecule has 104 valence electrons. The third kappa shape index (κ3) is 4.24. The minimum absolute atomic E-state index is 0.0107. The lowest BCUT2D eigenvalue weighted by Gasteiger charge is -2.08. The molecule has 1 aromatic heterocycles. The molecule has 0 aliphatic rings. The first kappa shape index (κ1) is 14.3. The lowest BCUT2D eigenvalue weighted by Crippen LogP contribution is -2.09. The van der Waals surface area contributed by atoms with Gasteiger partial charge in [-0.1, -0.05) is 15.9 Å². The van der Waals surface area contributed by atoms with Crippen molar-refractivity contribution in [2.75, 3.05) is 13.2 Å². The molecule has 0 unspecified atom stereocenters. The average Bonchev–Trinajstić information content (AvgIpc) is 2.46. The second kappa shape index (κ2) is 6.91. The summed E-state index contributed by atoms with van der Waals surface area (Å²) in [7, 11) is 0. The van der Waals surface area contributed by atoms with Crippen LogP contribution in [-0.4, -0.2) is 29.3 Å². The first-order valence-corrected chi connectivity index (χ1v) is 6.65. The summed E-state index contributed by atoms with van der Waals surface area (Å²) in [4.78, 5) is 14.4.